The van der Waals surface area contributed by atoms with E-state index in [0.29, 0.717) is 24.3 Å². The number of piperazine rings is 1. The van der Waals surface area contributed by atoms with Gasteiger partial charge in [0, 0.05) is 32.1 Å². The van der Waals surface area contributed by atoms with Gasteiger partial charge in [-0.05, 0) is 18.3 Å². The van der Waals surface area contributed by atoms with Gasteiger partial charge in [-0.2, -0.15) is 0 Å². The lowest BCUT2D eigenvalue weighted by Gasteiger charge is -2.34. The molecule has 1 aliphatic heterocycles. The highest BCUT2D eigenvalue weighted by Gasteiger charge is 2.26. The van der Waals surface area contributed by atoms with Crippen LogP contribution in [0.4, 0.5) is 0 Å². The van der Waals surface area contributed by atoms with Crippen molar-refractivity contribution in [3.63, 3.8) is 0 Å². The van der Waals surface area contributed by atoms with Crippen molar-refractivity contribution in [2.75, 3.05) is 19.6 Å². The van der Waals surface area contributed by atoms with E-state index in [0.717, 1.165) is 19.6 Å². The third kappa shape index (κ3) is 5.26. The van der Waals surface area contributed by atoms with Crippen molar-refractivity contribution in [3.8, 4) is 0 Å². The molecule has 0 bridgehead atoms. The summed E-state index contributed by atoms with van der Waals surface area (Å²) >= 11 is 0. The Morgan fingerprint density at radius 3 is 2.53 bits per heavy atom. The van der Waals surface area contributed by atoms with Crippen molar-refractivity contribution in [3.05, 3.63) is 0 Å². The number of rotatable bonds is 2. The second-order valence-electron chi connectivity index (χ2n) is 6.17. The Morgan fingerprint density at radius 1 is 1.47 bits per heavy atom. The molecule has 1 fully saturated rings. The first kappa shape index (κ1) is 16.7. The van der Waals surface area contributed by atoms with Crippen LogP contribution >= 0.6 is 12.4 Å². The first-order valence-electron chi connectivity index (χ1n) is 6.32. The molecule has 17 heavy (non-hydrogen) atoms. The van der Waals surface area contributed by atoms with Crippen LogP contribution < -0.4 is 5.32 Å². The van der Waals surface area contributed by atoms with Crippen LogP contribution in [-0.2, 0) is 4.79 Å². The molecule has 4 heteroatoms. The van der Waals surface area contributed by atoms with Crippen molar-refractivity contribution in [2.24, 2.45) is 11.3 Å². The number of hydrogen-bond acceptors (Lipinski definition) is 2. The molecule has 102 valence electrons. The SMILES string of the molecule is CC1CN(C(=O)CC(C)C(C)(C)C)CCN1.Cl. The fraction of sp³-hybridized carbons (Fsp3) is 0.923. The maximum Gasteiger partial charge on any atom is 0.222 e. The lowest BCUT2D eigenvalue weighted by Crippen LogP contribution is -2.51. The molecule has 0 aliphatic carbocycles. The average Bonchev–Trinajstić information content (AvgIpc) is 2.16. The van der Waals surface area contributed by atoms with Gasteiger partial charge in [0.1, 0.15) is 0 Å². The Hall–Kier alpha value is -0.280. The second-order valence-corrected chi connectivity index (χ2v) is 6.17. The number of nitrogens with zero attached hydrogens (tertiary/aromatic N) is 1. The molecule has 1 saturated heterocycles. The molecule has 3 nitrogen and oxygen atoms in total. The topological polar surface area (TPSA) is 32.3 Å². The predicted octanol–water partition coefficient (Wildman–Crippen LogP) is 2.30. The summed E-state index contributed by atoms with van der Waals surface area (Å²) in [6, 6.07) is 0.433. The van der Waals surface area contributed by atoms with Crippen molar-refractivity contribution >= 4 is 18.3 Å². The Kier molecular flexibility index (Phi) is 6.49. The van der Waals surface area contributed by atoms with E-state index in [1.54, 1.807) is 0 Å². The van der Waals surface area contributed by atoms with Crippen LogP contribution in [0.2, 0.25) is 0 Å². The van der Waals surface area contributed by atoms with Gasteiger partial charge in [-0.1, -0.05) is 27.7 Å². The first-order chi connectivity index (χ1) is 7.30. The molecule has 0 aromatic rings. The van der Waals surface area contributed by atoms with Gasteiger partial charge in [-0.3, -0.25) is 4.79 Å². The van der Waals surface area contributed by atoms with Crippen LogP contribution in [0.5, 0.6) is 0 Å². The predicted molar refractivity (Wildman–Crippen MR) is 74.5 cm³/mol. The molecule has 2 unspecified atom stereocenters. The molecule has 0 aromatic carbocycles. The highest BCUT2D eigenvalue weighted by molar-refractivity contribution is 5.85. The van der Waals surface area contributed by atoms with Crippen LogP contribution in [0.25, 0.3) is 0 Å². The molecule has 1 heterocycles. The summed E-state index contributed by atoms with van der Waals surface area (Å²) in [7, 11) is 0. The molecule has 1 aliphatic rings. The van der Waals surface area contributed by atoms with Gasteiger partial charge in [0.15, 0.2) is 0 Å². The number of carbonyl (C=O) groups excluding carboxylic acids is 1. The highest BCUT2D eigenvalue weighted by atomic mass is 35.5. The number of halogens is 1. The Bertz CT molecular complexity index is 250. The van der Waals surface area contributed by atoms with Gasteiger partial charge >= 0.3 is 0 Å². The number of amides is 1. The van der Waals surface area contributed by atoms with Crippen LogP contribution in [0, 0.1) is 11.3 Å². The average molecular weight is 263 g/mol. The van der Waals surface area contributed by atoms with E-state index in [2.05, 4.69) is 39.9 Å². The molecule has 0 spiro atoms. The third-order valence-electron chi connectivity index (χ3n) is 3.68. The summed E-state index contributed by atoms with van der Waals surface area (Å²) < 4.78 is 0. The monoisotopic (exact) mass is 262 g/mol. The summed E-state index contributed by atoms with van der Waals surface area (Å²) in [5.41, 5.74) is 0.218. The quantitative estimate of drug-likeness (QED) is 0.828. The Morgan fingerprint density at radius 2 is 2.06 bits per heavy atom. The van der Waals surface area contributed by atoms with Crippen LogP contribution in [0.1, 0.15) is 41.0 Å². The van der Waals surface area contributed by atoms with Gasteiger partial charge in [-0.15, -0.1) is 12.4 Å². The van der Waals surface area contributed by atoms with Crippen LogP contribution in [0.3, 0.4) is 0 Å². The molecule has 2 atom stereocenters. The summed E-state index contributed by atoms with van der Waals surface area (Å²) in [6.07, 6.45) is 0.677. The van der Waals surface area contributed by atoms with Crippen LogP contribution in [0.15, 0.2) is 0 Å². The minimum absolute atomic E-state index is 0. The van der Waals surface area contributed by atoms with E-state index in [1.807, 2.05) is 4.90 Å². The zero-order valence-corrected chi connectivity index (χ0v) is 12.6. The second kappa shape index (κ2) is 6.60. The maximum absolute atomic E-state index is 12.1. The summed E-state index contributed by atoms with van der Waals surface area (Å²) in [5.74, 6) is 0.751. The molecule has 0 radical (unpaired) electrons. The summed E-state index contributed by atoms with van der Waals surface area (Å²) in [4.78, 5) is 14.1. The van der Waals surface area contributed by atoms with E-state index in [-0.39, 0.29) is 17.8 Å². The maximum atomic E-state index is 12.1. The zero-order chi connectivity index (χ0) is 12.3. The largest absolute Gasteiger partial charge is 0.340 e. The van der Waals surface area contributed by atoms with Gasteiger partial charge in [0.05, 0.1) is 0 Å². The van der Waals surface area contributed by atoms with E-state index < -0.39 is 0 Å². The zero-order valence-electron chi connectivity index (χ0n) is 11.7. The minimum Gasteiger partial charge on any atom is -0.340 e. The van der Waals surface area contributed by atoms with Crippen LogP contribution in [-0.4, -0.2) is 36.5 Å². The van der Waals surface area contributed by atoms with Crippen molar-refractivity contribution in [1.82, 2.24) is 10.2 Å². The van der Waals surface area contributed by atoms with E-state index in [1.165, 1.54) is 0 Å². The van der Waals surface area contributed by atoms with E-state index >= 15 is 0 Å². The van der Waals surface area contributed by atoms with Gasteiger partial charge < -0.3 is 10.2 Å². The van der Waals surface area contributed by atoms with Crippen molar-refractivity contribution < 1.29 is 4.79 Å². The highest BCUT2D eigenvalue weighted by Crippen LogP contribution is 2.28. The molecule has 1 N–H and O–H groups in total. The number of carbonyl (C=O) groups is 1. The number of hydrogen-bond donors (Lipinski definition) is 1. The van der Waals surface area contributed by atoms with E-state index in [9.17, 15) is 4.79 Å². The molecule has 0 saturated carbocycles. The van der Waals surface area contributed by atoms with Gasteiger partial charge in [0.25, 0.3) is 0 Å². The molecule has 1 amide bonds. The van der Waals surface area contributed by atoms with Gasteiger partial charge in [-0.25, -0.2) is 0 Å². The lowest BCUT2D eigenvalue weighted by atomic mass is 9.80. The standard InChI is InChI=1S/C13H26N2O.ClH/c1-10(13(3,4)5)8-12(16)15-7-6-14-11(2)9-15;/h10-11,14H,6-9H2,1-5H3;1H. The molecular formula is C13H27ClN2O. The fourth-order valence-corrected chi connectivity index (χ4v) is 1.86. The summed E-state index contributed by atoms with van der Waals surface area (Å²) in [5, 5.41) is 3.36. The lowest BCUT2D eigenvalue weighted by molar-refractivity contribution is -0.134. The van der Waals surface area contributed by atoms with E-state index in [4.69, 9.17) is 0 Å². The minimum atomic E-state index is 0. The van der Waals surface area contributed by atoms with Crippen molar-refractivity contribution in [1.29, 1.82) is 0 Å². The Labute approximate surface area is 112 Å². The third-order valence-corrected chi connectivity index (χ3v) is 3.68. The first-order valence-corrected chi connectivity index (χ1v) is 6.32. The smallest absolute Gasteiger partial charge is 0.222 e. The molecular weight excluding hydrogens is 236 g/mol. The van der Waals surface area contributed by atoms with Crippen molar-refractivity contribution in [2.45, 2.75) is 47.1 Å². The normalized spacial score (nSPS) is 22.9. The number of nitrogens with one attached hydrogen (secondary N) is 1. The molecule has 0 aromatic heterocycles. The summed E-state index contributed by atoms with van der Waals surface area (Å²) in [6.45, 7) is 13.5. The van der Waals surface area contributed by atoms with Gasteiger partial charge in [0.2, 0.25) is 5.91 Å². The Balaban J connectivity index is 0.00000256. The fourth-order valence-electron chi connectivity index (χ4n) is 1.86. The molecule has 1 rings (SSSR count).